The monoisotopic (exact) mass is 374 g/mol. The lowest BCUT2D eigenvalue weighted by atomic mass is 10.1. The van der Waals surface area contributed by atoms with E-state index in [1.54, 1.807) is 0 Å². The number of rotatable bonds is 6. The Hall–Kier alpha value is -3.61. The van der Waals surface area contributed by atoms with E-state index in [2.05, 4.69) is 58.0 Å². The first-order valence-corrected chi connectivity index (χ1v) is 9.30. The highest BCUT2D eigenvalue weighted by atomic mass is 16.1. The summed E-state index contributed by atoms with van der Waals surface area (Å²) in [6, 6.07) is 11.8. The number of carbonyl (C=O) groups excluding carboxylic acids is 1. The van der Waals surface area contributed by atoms with Crippen LogP contribution in [-0.4, -0.2) is 39.2 Å². The zero-order valence-corrected chi connectivity index (χ0v) is 15.9. The van der Waals surface area contributed by atoms with Gasteiger partial charge in [0.15, 0.2) is 5.82 Å². The fourth-order valence-corrected chi connectivity index (χ4v) is 3.43. The Morgan fingerprint density at radius 1 is 1.21 bits per heavy atom. The van der Waals surface area contributed by atoms with Crippen molar-refractivity contribution < 1.29 is 4.79 Å². The molecule has 3 N–H and O–H groups in total. The standard InChI is InChI=1S/C21H22N6O/c1-4-18(28)22-15-8-7-9-16-19(15)20(26-25-16)21-23-14-11-10-13(12-17(14)24-21)27(5-2)6-3/h4,7-12H,1,5-6H2,2-3H3,(H,22,28)(H,23,24)(H,25,26). The number of carbonyl (C=O) groups is 1. The summed E-state index contributed by atoms with van der Waals surface area (Å²) >= 11 is 0. The third kappa shape index (κ3) is 3.00. The predicted octanol–water partition coefficient (Wildman–Crippen LogP) is 4.08. The quantitative estimate of drug-likeness (QED) is 0.444. The van der Waals surface area contributed by atoms with E-state index >= 15 is 0 Å². The van der Waals surface area contributed by atoms with Crippen LogP contribution in [0.1, 0.15) is 13.8 Å². The van der Waals surface area contributed by atoms with Gasteiger partial charge in [-0.25, -0.2) is 4.98 Å². The average Bonchev–Trinajstić information content (AvgIpc) is 3.32. The molecular formula is C21H22N6O. The fourth-order valence-electron chi connectivity index (χ4n) is 3.43. The Morgan fingerprint density at radius 2 is 2.04 bits per heavy atom. The highest BCUT2D eigenvalue weighted by Gasteiger charge is 2.17. The molecule has 1 amide bonds. The Kier molecular flexibility index (Phi) is 4.57. The maximum Gasteiger partial charge on any atom is 0.247 e. The highest BCUT2D eigenvalue weighted by Crippen LogP contribution is 2.32. The van der Waals surface area contributed by atoms with E-state index in [4.69, 9.17) is 4.98 Å². The van der Waals surface area contributed by atoms with Crippen LogP contribution in [0.2, 0.25) is 0 Å². The number of anilines is 2. The lowest BCUT2D eigenvalue weighted by molar-refractivity contribution is -0.111. The van der Waals surface area contributed by atoms with Crippen molar-refractivity contribution in [2.75, 3.05) is 23.3 Å². The molecule has 0 fully saturated rings. The van der Waals surface area contributed by atoms with Crippen LogP contribution in [0, 0.1) is 0 Å². The molecule has 4 aromatic rings. The number of hydrogen-bond acceptors (Lipinski definition) is 4. The Morgan fingerprint density at radius 3 is 2.79 bits per heavy atom. The molecule has 142 valence electrons. The van der Waals surface area contributed by atoms with Crippen molar-refractivity contribution in [3.63, 3.8) is 0 Å². The Balaban J connectivity index is 1.82. The number of imidazole rings is 1. The molecule has 4 rings (SSSR count). The van der Waals surface area contributed by atoms with Crippen molar-refractivity contribution >= 4 is 39.2 Å². The van der Waals surface area contributed by atoms with E-state index in [1.807, 2.05) is 24.3 Å². The van der Waals surface area contributed by atoms with Gasteiger partial charge in [0.05, 0.1) is 27.6 Å². The van der Waals surface area contributed by atoms with Gasteiger partial charge in [-0.15, -0.1) is 0 Å². The van der Waals surface area contributed by atoms with E-state index < -0.39 is 0 Å². The van der Waals surface area contributed by atoms with E-state index in [1.165, 1.54) is 6.08 Å². The van der Waals surface area contributed by atoms with Crippen molar-refractivity contribution in [3.05, 3.63) is 49.1 Å². The van der Waals surface area contributed by atoms with Crippen molar-refractivity contribution in [3.8, 4) is 11.5 Å². The van der Waals surface area contributed by atoms with Gasteiger partial charge in [-0.3, -0.25) is 9.89 Å². The van der Waals surface area contributed by atoms with Crippen LogP contribution < -0.4 is 10.2 Å². The van der Waals surface area contributed by atoms with Crippen LogP contribution in [0.3, 0.4) is 0 Å². The summed E-state index contributed by atoms with van der Waals surface area (Å²) in [5.74, 6) is 0.381. The van der Waals surface area contributed by atoms with Crippen molar-refractivity contribution in [2.45, 2.75) is 13.8 Å². The van der Waals surface area contributed by atoms with Gasteiger partial charge < -0.3 is 15.2 Å². The first kappa shape index (κ1) is 17.8. The molecule has 2 aromatic carbocycles. The van der Waals surface area contributed by atoms with Crippen LogP contribution in [0.25, 0.3) is 33.5 Å². The summed E-state index contributed by atoms with van der Waals surface area (Å²) in [5.41, 5.74) is 5.11. The second-order valence-corrected chi connectivity index (χ2v) is 6.45. The van der Waals surface area contributed by atoms with Gasteiger partial charge in [-0.1, -0.05) is 12.6 Å². The molecule has 0 spiro atoms. The molecule has 2 heterocycles. The first-order chi connectivity index (χ1) is 13.6. The minimum absolute atomic E-state index is 0.270. The number of amides is 1. The molecule has 0 bridgehead atoms. The molecule has 0 unspecified atom stereocenters. The van der Waals surface area contributed by atoms with Crippen LogP contribution >= 0.6 is 0 Å². The maximum atomic E-state index is 11.8. The van der Waals surface area contributed by atoms with E-state index in [-0.39, 0.29) is 5.91 Å². The summed E-state index contributed by atoms with van der Waals surface area (Å²) in [5, 5.41) is 11.1. The largest absolute Gasteiger partial charge is 0.372 e. The zero-order chi connectivity index (χ0) is 19.7. The number of aromatic amines is 2. The topological polar surface area (TPSA) is 89.7 Å². The van der Waals surface area contributed by atoms with E-state index in [0.717, 1.165) is 40.7 Å². The number of nitrogens with zero attached hydrogens (tertiary/aromatic N) is 3. The van der Waals surface area contributed by atoms with Crippen molar-refractivity contribution in [2.24, 2.45) is 0 Å². The summed E-state index contributed by atoms with van der Waals surface area (Å²) < 4.78 is 0. The summed E-state index contributed by atoms with van der Waals surface area (Å²) in [6.07, 6.45) is 1.24. The molecule has 28 heavy (non-hydrogen) atoms. The highest BCUT2D eigenvalue weighted by molar-refractivity contribution is 6.09. The Labute approximate surface area is 162 Å². The molecule has 0 saturated heterocycles. The molecule has 0 aliphatic carbocycles. The van der Waals surface area contributed by atoms with Crippen LogP contribution in [0.15, 0.2) is 49.1 Å². The van der Waals surface area contributed by atoms with Crippen LogP contribution in [0.5, 0.6) is 0 Å². The van der Waals surface area contributed by atoms with Gasteiger partial charge in [0.1, 0.15) is 5.69 Å². The fraction of sp³-hybridized carbons (Fsp3) is 0.190. The Bertz CT molecular complexity index is 1170. The maximum absolute atomic E-state index is 11.8. The van der Waals surface area contributed by atoms with Gasteiger partial charge >= 0.3 is 0 Å². The molecule has 7 heteroatoms. The molecule has 0 aliphatic rings. The lowest BCUT2D eigenvalue weighted by Crippen LogP contribution is -2.21. The second-order valence-electron chi connectivity index (χ2n) is 6.45. The van der Waals surface area contributed by atoms with E-state index in [0.29, 0.717) is 17.2 Å². The van der Waals surface area contributed by atoms with E-state index in [9.17, 15) is 4.79 Å². The summed E-state index contributed by atoms with van der Waals surface area (Å²) in [6.45, 7) is 9.68. The molecule has 0 saturated carbocycles. The van der Waals surface area contributed by atoms with Gasteiger partial charge in [0, 0.05) is 18.8 Å². The first-order valence-electron chi connectivity index (χ1n) is 9.30. The minimum atomic E-state index is -0.270. The zero-order valence-electron chi connectivity index (χ0n) is 15.9. The molecule has 0 atom stereocenters. The number of fused-ring (bicyclic) bond motifs is 2. The second kappa shape index (κ2) is 7.19. The number of H-pyrrole nitrogens is 2. The SMILES string of the molecule is C=CC(=O)Nc1cccc2[nH]nc(-c3nc4ccc(N(CC)CC)cc4[nH]3)c12. The molecule has 0 radical (unpaired) electrons. The third-order valence-electron chi connectivity index (χ3n) is 4.85. The molecule has 7 nitrogen and oxygen atoms in total. The number of hydrogen-bond donors (Lipinski definition) is 3. The normalized spacial score (nSPS) is 11.1. The molecule has 2 aromatic heterocycles. The summed E-state index contributed by atoms with van der Waals surface area (Å²) in [7, 11) is 0. The number of benzene rings is 2. The molecule has 0 aliphatic heterocycles. The van der Waals surface area contributed by atoms with Crippen molar-refractivity contribution in [1.82, 2.24) is 20.2 Å². The third-order valence-corrected chi connectivity index (χ3v) is 4.85. The summed E-state index contributed by atoms with van der Waals surface area (Å²) in [4.78, 5) is 22.2. The average molecular weight is 374 g/mol. The molecular weight excluding hydrogens is 352 g/mol. The lowest BCUT2D eigenvalue weighted by Gasteiger charge is -2.20. The van der Waals surface area contributed by atoms with Crippen LogP contribution in [-0.2, 0) is 4.79 Å². The number of aromatic nitrogens is 4. The van der Waals surface area contributed by atoms with Crippen molar-refractivity contribution in [1.29, 1.82) is 0 Å². The minimum Gasteiger partial charge on any atom is -0.372 e. The van der Waals surface area contributed by atoms with Gasteiger partial charge in [-0.05, 0) is 50.3 Å². The number of nitrogens with one attached hydrogen (secondary N) is 3. The van der Waals surface area contributed by atoms with Crippen LogP contribution in [0.4, 0.5) is 11.4 Å². The van der Waals surface area contributed by atoms with Gasteiger partial charge in [-0.2, -0.15) is 5.10 Å². The smallest absolute Gasteiger partial charge is 0.247 e. The van der Waals surface area contributed by atoms with Gasteiger partial charge in [0.25, 0.3) is 0 Å². The van der Waals surface area contributed by atoms with Gasteiger partial charge in [0.2, 0.25) is 5.91 Å². The predicted molar refractivity (Wildman–Crippen MR) is 114 cm³/mol.